The molecular formula is C12H16O3. The summed E-state index contributed by atoms with van der Waals surface area (Å²) >= 11 is 0. The molecule has 0 fully saturated rings. The zero-order chi connectivity index (χ0) is 11.6. The molecule has 0 radical (unpaired) electrons. The molecule has 0 atom stereocenters. The summed E-state index contributed by atoms with van der Waals surface area (Å²) < 4.78 is 0. The van der Waals surface area contributed by atoms with Gasteiger partial charge in [-0.15, -0.1) is 0 Å². The molecule has 15 heavy (non-hydrogen) atoms. The third-order valence-electron chi connectivity index (χ3n) is 2.29. The van der Waals surface area contributed by atoms with Gasteiger partial charge in [0.1, 0.15) is 5.75 Å². The highest BCUT2D eigenvalue weighted by molar-refractivity contribution is 5.71. The summed E-state index contributed by atoms with van der Waals surface area (Å²) in [6.07, 6.45) is -0.143. The lowest BCUT2D eigenvalue weighted by Crippen LogP contribution is -2.11. The highest BCUT2D eigenvalue weighted by atomic mass is 16.4. The van der Waals surface area contributed by atoms with E-state index in [4.69, 9.17) is 5.11 Å². The summed E-state index contributed by atoms with van der Waals surface area (Å²) in [5.74, 6) is -0.876. The number of aromatic hydroxyl groups is 1. The van der Waals surface area contributed by atoms with Crippen LogP contribution in [0.2, 0.25) is 0 Å². The first-order valence-corrected chi connectivity index (χ1v) is 4.85. The van der Waals surface area contributed by atoms with Crippen LogP contribution in [-0.2, 0) is 16.6 Å². The van der Waals surface area contributed by atoms with Gasteiger partial charge >= 0.3 is 5.97 Å². The second kappa shape index (κ2) is 3.93. The third kappa shape index (κ3) is 2.98. The average Bonchev–Trinajstić information content (AvgIpc) is 2.05. The van der Waals surface area contributed by atoms with Gasteiger partial charge in [0.15, 0.2) is 0 Å². The third-order valence-corrected chi connectivity index (χ3v) is 2.29. The molecule has 1 aromatic carbocycles. The van der Waals surface area contributed by atoms with E-state index in [1.165, 1.54) is 0 Å². The minimum atomic E-state index is -0.936. The molecule has 0 unspecified atom stereocenters. The Morgan fingerprint density at radius 1 is 1.33 bits per heavy atom. The van der Waals surface area contributed by atoms with Crippen molar-refractivity contribution in [3.05, 3.63) is 29.3 Å². The van der Waals surface area contributed by atoms with E-state index in [0.29, 0.717) is 5.56 Å². The van der Waals surface area contributed by atoms with Crippen LogP contribution in [0.4, 0.5) is 0 Å². The zero-order valence-corrected chi connectivity index (χ0v) is 9.24. The number of aliphatic carboxylic acids is 1. The molecule has 0 saturated carbocycles. The van der Waals surface area contributed by atoms with E-state index in [9.17, 15) is 9.90 Å². The Labute approximate surface area is 89.4 Å². The number of carboxylic acids is 1. The lowest BCUT2D eigenvalue weighted by Gasteiger charge is -2.19. The van der Waals surface area contributed by atoms with Gasteiger partial charge in [-0.05, 0) is 17.0 Å². The molecule has 0 amide bonds. The SMILES string of the molecule is CC(C)(C)c1ccc(CC(=O)O)c(O)c1. The summed E-state index contributed by atoms with van der Waals surface area (Å²) in [4.78, 5) is 10.5. The van der Waals surface area contributed by atoms with Gasteiger partial charge in [-0.1, -0.05) is 32.9 Å². The van der Waals surface area contributed by atoms with Crippen molar-refractivity contribution in [1.82, 2.24) is 0 Å². The fraction of sp³-hybridized carbons (Fsp3) is 0.417. The van der Waals surface area contributed by atoms with Gasteiger partial charge in [-0.25, -0.2) is 0 Å². The van der Waals surface area contributed by atoms with E-state index in [0.717, 1.165) is 5.56 Å². The summed E-state index contributed by atoms with van der Waals surface area (Å²) in [5, 5.41) is 18.2. The summed E-state index contributed by atoms with van der Waals surface area (Å²) in [6.45, 7) is 6.12. The standard InChI is InChI=1S/C12H16O3/c1-12(2,3)9-5-4-8(6-11(14)15)10(13)7-9/h4-5,7,13H,6H2,1-3H3,(H,14,15). The molecule has 0 aliphatic carbocycles. The van der Waals surface area contributed by atoms with E-state index >= 15 is 0 Å². The molecule has 0 saturated heterocycles. The molecule has 0 heterocycles. The fourth-order valence-electron chi connectivity index (χ4n) is 1.34. The topological polar surface area (TPSA) is 57.5 Å². The van der Waals surface area contributed by atoms with Crippen LogP contribution >= 0.6 is 0 Å². The highest BCUT2D eigenvalue weighted by Gasteiger charge is 2.15. The van der Waals surface area contributed by atoms with E-state index in [1.807, 2.05) is 26.8 Å². The lowest BCUT2D eigenvalue weighted by atomic mass is 9.86. The average molecular weight is 208 g/mol. The van der Waals surface area contributed by atoms with Crippen molar-refractivity contribution >= 4 is 5.97 Å². The number of carboxylic acid groups (broad SMARTS) is 1. The monoisotopic (exact) mass is 208 g/mol. The summed E-state index contributed by atoms with van der Waals surface area (Å²) in [7, 11) is 0. The maximum Gasteiger partial charge on any atom is 0.307 e. The molecule has 3 heteroatoms. The van der Waals surface area contributed by atoms with E-state index < -0.39 is 5.97 Å². The minimum Gasteiger partial charge on any atom is -0.508 e. The van der Waals surface area contributed by atoms with Crippen molar-refractivity contribution in [3.63, 3.8) is 0 Å². The van der Waals surface area contributed by atoms with Gasteiger partial charge in [-0.2, -0.15) is 0 Å². The Bertz CT molecular complexity index is 375. The molecule has 3 nitrogen and oxygen atoms in total. The molecule has 1 aromatic rings. The molecule has 0 aliphatic rings. The maximum atomic E-state index is 10.5. The Morgan fingerprint density at radius 3 is 2.33 bits per heavy atom. The van der Waals surface area contributed by atoms with Crippen LogP contribution in [0, 0.1) is 0 Å². The predicted octanol–water partition coefficient (Wildman–Crippen LogP) is 2.32. The summed E-state index contributed by atoms with van der Waals surface area (Å²) in [5.41, 5.74) is 1.41. The van der Waals surface area contributed by atoms with Crippen molar-refractivity contribution < 1.29 is 15.0 Å². The first-order valence-electron chi connectivity index (χ1n) is 4.85. The normalized spacial score (nSPS) is 11.4. The number of benzene rings is 1. The number of hydrogen-bond acceptors (Lipinski definition) is 2. The zero-order valence-electron chi connectivity index (χ0n) is 9.24. The fourth-order valence-corrected chi connectivity index (χ4v) is 1.34. The van der Waals surface area contributed by atoms with E-state index in [2.05, 4.69) is 0 Å². The van der Waals surface area contributed by atoms with Gasteiger partial charge < -0.3 is 10.2 Å². The number of phenols is 1. The van der Waals surface area contributed by atoms with Crippen LogP contribution in [-0.4, -0.2) is 16.2 Å². The van der Waals surface area contributed by atoms with Gasteiger partial charge in [0.2, 0.25) is 0 Å². The van der Waals surface area contributed by atoms with Crippen LogP contribution in [0.3, 0.4) is 0 Å². The van der Waals surface area contributed by atoms with Gasteiger partial charge in [0.05, 0.1) is 6.42 Å². The second-order valence-electron chi connectivity index (χ2n) is 4.66. The van der Waals surface area contributed by atoms with Crippen LogP contribution in [0.25, 0.3) is 0 Å². The van der Waals surface area contributed by atoms with Gasteiger partial charge in [-0.3, -0.25) is 4.79 Å². The second-order valence-corrected chi connectivity index (χ2v) is 4.66. The Balaban J connectivity index is 3.03. The number of carbonyl (C=O) groups is 1. The highest BCUT2D eigenvalue weighted by Crippen LogP contribution is 2.27. The summed E-state index contributed by atoms with van der Waals surface area (Å²) in [6, 6.07) is 5.17. The molecular weight excluding hydrogens is 192 g/mol. The Morgan fingerprint density at radius 2 is 1.93 bits per heavy atom. The maximum absolute atomic E-state index is 10.5. The van der Waals surface area contributed by atoms with Gasteiger partial charge in [0.25, 0.3) is 0 Å². The van der Waals surface area contributed by atoms with Crippen LogP contribution < -0.4 is 0 Å². The van der Waals surface area contributed by atoms with Gasteiger partial charge in [0, 0.05) is 5.56 Å². The minimum absolute atomic E-state index is 0.0424. The lowest BCUT2D eigenvalue weighted by molar-refractivity contribution is -0.136. The molecule has 1 rings (SSSR count). The van der Waals surface area contributed by atoms with Crippen molar-refractivity contribution in [3.8, 4) is 5.75 Å². The molecule has 0 spiro atoms. The first kappa shape index (κ1) is 11.6. The molecule has 0 aliphatic heterocycles. The van der Waals surface area contributed by atoms with Crippen molar-refractivity contribution in [2.45, 2.75) is 32.6 Å². The van der Waals surface area contributed by atoms with Crippen LogP contribution in [0.15, 0.2) is 18.2 Å². The quantitative estimate of drug-likeness (QED) is 0.784. The van der Waals surface area contributed by atoms with Crippen molar-refractivity contribution in [2.24, 2.45) is 0 Å². The largest absolute Gasteiger partial charge is 0.508 e. The van der Waals surface area contributed by atoms with Crippen LogP contribution in [0.5, 0.6) is 5.75 Å². The molecule has 0 aromatic heterocycles. The smallest absolute Gasteiger partial charge is 0.307 e. The van der Waals surface area contributed by atoms with Crippen molar-refractivity contribution in [2.75, 3.05) is 0 Å². The van der Waals surface area contributed by atoms with Crippen LogP contribution in [0.1, 0.15) is 31.9 Å². The van der Waals surface area contributed by atoms with E-state index in [-0.39, 0.29) is 17.6 Å². The number of rotatable bonds is 2. The van der Waals surface area contributed by atoms with Crippen molar-refractivity contribution in [1.29, 1.82) is 0 Å². The Hall–Kier alpha value is -1.51. The first-order chi connectivity index (χ1) is 6.80. The number of phenolic OH excluding ortho intramolecular Hbond substituents is 1. The number of hydrogen-bond donors (Lipinski definition) is 2. The molecule has 2 N–H and O–H groups in total. The van der Waals surface area contributed by atoms with E-state index in [1.54, 1.807) is 12.1 Å². The molecule has 0 bridgehead atoms. The Kier molecular flexibility index (Phi) is 3.03. The predicted molar refractivity (Wildman–Crippen MR) is 58.1 cm³/mol. The molecule has 82 valence electrons.